The van der Waals surface area contributed by atoms with Crippen LogP contribution in [-0.2, 0) is 0 Å². The summed E-state index contributed by atoms with van der Waals surface area (Å²) in [5.74, 6) is -0.310. The average molecular weight is 521 g/mol. The lowest BCUT2D eigenvalue weighted by atomic mass is 9.96. The molecule has 33 heavy (non-hydrogen) atoms. The predicted octanol–water partition coefficient (Wildman–Crippen LogP) is 6.57. The molecule has 1 fully saturated rings. The van der Waals surface area contributed by atoms with Crippen molar-refractivity contribution in [2.75, 3.05) is 4.90 Å². The molecule has 4 nitrogen and oxygen atoms in total. The van der Waals surface area contributed by atoms with Crippen LogP contribution in [-0.4, -0.2) is 14.7 Å². The van der Waals surface area contributed by atoms with E-state index in [4.69, 9.17) is 12.2 Å². The van der Waals surface area contributed by atoms with Crippen molar-refractivity contribution >= 4 is 38.9 Å². The largest absolute Gasteiger partial charge is 0.351 e. The van der Waals surface area contributed by atoms with Gasteiger partial charge in [0, 0.05) is 27.7 Å². The van der Waals surface area contributed by atoms with E-state index in [0.29, 0.717) is 10.8 Å². The molecule has 1 N–H and O–H groups in total. The molecule has 0 amide bonds. The van der Waals surface area contributed by atoms with Gasteiger partial charge in [-0.2, -0.15) is 0 Å². The minimum Gasteiger partial charge on any atom is -0.351 e. The predicted molar refractivity (Wildman–Crippen MR) is 137 cm³/mol. The molecule has 0 spiro atoms. The summed E-state index contributed by atoms with van der Waals surface area (Å²) in [6, 6.07) is 22.5. The number of thiocarbonyl (C=S) groups is 1. The second-order valence-electron chi connectivity index (χ2n) is 8.09. The Bertz CT molecular complexity index is 1320. The first kappa shape index (κ1) is 21.8. The zero-order chi connectivity index (χ0) is 23.1. The van der Waals surface area contributed by atoms with E-state index in [1.807, 2.05) is 41.3 Å². The van der Waals surface area contributed by atoms with Crippen LogP contribution in [0.25, 0.3) is 5.69 Å². The topological polar surface area (TPSA) is 33.1 Å². The van der Waals surface area contributed by atoms with Crippen molar-refractivity contribution in [3.63, 3.8) is 0 Å². The van der Waals surface area contributed by atoms with E-state index in [1.165, 1.54) is 6.07 Å². The number of hydrogen-bond acceptors (Lipinski definition) is 2. The van der Waals surface area contributed by atoms with Gasteiger partial charge in [0.1, 0.15) is 5.82 Å². The molecule has 1 aliphatic rings. The molecule has 0 radical (unpaired) electrons. The van der Waals surface area contributed by atoms with Gasteiger partial charge in [-0.3, -0.25) is 4.98 Å². The zero-order valence-corrected chi connectivity index (χ0v) is 20.6. The molecule has 0 aliphatic carbocycles. The van der Waals surface area contributed by atoms with Crippen molar-refractivity contribution < 1.29 is 4.39 Å². The van der Waals surface area contributed by atoms with Gasteiger partial charge >= 0.3 is 0 Å². The second-order valence-corrected chi connectivity index (χ2v) is 9.39. The van der Waals surface area contributed by atoms with E-state index < -0.39 is 0 Å². The van der Waals surface area contributed by atoms with Crippen molar-refractivity contribution in [2.45, 2.75) is 25.9 Å². The molecule has 2 atom stereocenters. The normalized spacial score (nSPS) is 17.9. The number of para-hydroxylation sites is 1. The highest BCUT2D eigenvalue weighted by molar-refractivity contribution is 9.10. The molecule has 0 bridgehead atoms. The number of aryl methyl sites for hydroxylation is 1. The SMILES string of the molecule is Cc1cc([C@@H]2[C@@H](c3ccccn3)NC(=S)N2c2ccccc2F)c(C)n1-c1ccc(Br)cc1. The first-order chi connectivity index (χ1) is 16.0. The lowest BCUT2D eigenvalue weighted by Crippen LogP contribution is -2.30. The zero-order valence-electron chi connectivity index (χ0n) is 18.2. The van der Waals surface area contributed by atoms with Crippen LogP contribution in [0.5, 0.6) is 0 Å². The van der Waals surface area contributed by atoms with Gasteiger partial charge in [0.15, 0.2) is 5.11 Å². The van der Waals surface area contributed by atoms with Crippen molar-refractivity contribution in [1.29, 1.82) is 0 Å². The van der Waals surface area contributed by atoms with Crippen LogP contribution in [0.1, 0.15) is 34.7 Å². The Balaban J connectivity index is 1.69. The van der Waals surface area contributed by atoms with Crippen LogP contribution in [0.2, 0.25) is 0 Å². The molecule has 0 saturated carbocycles. The Morgan fingerprint density at radius 2 is 1.73 bits per heavy atom. The molecule has 1 aliphatic heterocycles. The molecule has 0 unspecified atom stereocenters. The van der Waals surface area contributed by atoms with Crippen molar-refractivity contribution in [3.8, 4) is 5.69 Å². The summed E-state index contributed by atoms with van der Waals surface area (Å²) in [4.78, 5) is 6.48. The molecule has 166 valence electrons. The third kappa shape index (κ3) is 3.85. The summed E-state index contributed by atoms with van der Waals surface area (Å²) in [6.45, 7) is 4.18. The van der Waals surface area contributed by atoms with E-state index in [1.54, 1.807) is 18.3 Å². The number of hydrogen-bond donors (Lipinski definition) is 1. The summed E-state index contributed by atoms with van der Waals surface area (Å²) in [6.07, 6.45) is 1.77. The quantitative estimate of drug-likeness (QED) is 0.308. The van der Waals surface area contributed by atoms with Gasteiger partial charge in [-0.05, 0) is 86.2 Å². The van der Waals surface area contributed by atoms with Crippen LogP contribution in [0.3, 0.4) is 0 Å². The van der Waals surface area contributed by atoms with Gasteiger partial charge in [0.05, 0.1) is 23.5 Å². The fraction of sp³-hybridized carbons (Fsp3) is 0.154. The van der Waals surface area contributed by atoms with E-state index in [0.717, 1.165) is 32.8 Å². The fourth-order valence-electron chi connectivity index (χ4n) is 4.65. The van der Waals surface area contributed by atoms with Gasteiger partial charge in [0.2, 0.25) is 0 Å². The number of halogens is 2. The second kappa shape index (κ2) is 8.72. The summed E-state index contributed by atoms with van der Waals surface area (Å²) in [5, 5.41) is 3.89. The Labute approximate surface area is 206 Å². The summed E-state index contributed by atoms with van der Waals surface area (Å²) in [5.41, 5.74) is 5.62. The number of aromatic nitrogens is 2. The van der Waals surface area contributed by atoms with E-state index in [2.05, 4.69) is 62.8 Å². The highest BCUT2D eigenvalue weighted by Gasteiger charge is 2.43. The number of nitrogens with one attached hydrogen (secondary N) is 1. The Kier molecular flexibility index (Phi) is 5.76. The lowest BCUT2D eigenvalue weighted by Gasteiger charge is -2.28. The smallest absolute Gasteiger partial charge is 0.174 e. The average Bonchev–Trinajstić information content (AvgIpc) is 3.31. The highest BCUT2D eigenvalue weighted by atomic mass is 79.9. The molecule has 5 rings (SSSR count). The summed E-state index contributed by atoms with van der Waals surface area (Å²) < 4.78 is 18.2. The van der Waals surface area contributed by atoms with Crippen molar-refractivity contribution in [3.05, 3.63) is 112 Å². The first-order valence-electron chi connectivity index (χ1n) is 10.7. The Morgan fingerprint density at radius 1 is 1.00 bits per heavy atom. The Morgan fingerprint density at radius 3 is 2.42 bits per heavy atom. The van der Waals surface area contributed by atoms with Crippen LogP contribution in [0, 0.1) is 19.7 Å². The summed E-state index contributed by atoms with van der Waals surface area (Å²) >= 11 is 9.25. The van der Waals surface area contributed by atoms with Crippen LogP contribution < -0.4 is 10.2 Å². The molecule has 7 heteroatoms. The van der Waals surface area contributed by atoms with Crippen LogP contribution in [0.4, 0.5) is 10.1 Å². The maximum Gasteiger partial charge on any atom is 0.174 e. The lowest BCUT2D eigenvalue weighted by molar-refractivity contribution is 0.556. The molecule has 2 aromatic carbocycles. The van der Waals surface area contributed by atoms with Crippen LogP contribution in [0.15, 0.2) is 83.5 Å². The third-order valence-electron chi connectivity index (χ3n) is 6.08. The van der Waals surface area contributed by atoms with Gasteiger partial charge < -0.3 is 14.8 Å². The summed E-state index contributed by atoms with van der Waals surface area (Å²) in [7, 11) is 0. The van der Waals surface area contributed by atoms with Crippen molar-refractivity contribution in [2.24, 2.45) is 0 Å². The number of pyridine rings is 1. The van der Waals surface area contributed by atoms with E-state index in [-0.39, 0.29) is 17.9 Å². The third-order valence-corrected chi connectivity index (χ3v) is 6.93. The molecular formula is C26H22BrFN4S. The monoisotopic (exact) mass is 520 g/mol. The van der Waals surface area contributed by atoms with E-state index in [9.17, 15) is 4.39 Å². The first-order valence-corrected chi connectivity index (χ1v) is 11.9. The molecule has 4 aromatic rings. The number of nitrogens with zero attached hydrogens (tertiary/aromatic N) is 3. The van der Waals surface area contributed by atoms with Gasteiger partial charge in [-0.1, -0.05) is 34.1 Å². The van der Waals surface area contributed by atoms with Crippen LogP contribution >= 0.6 is 28.1 Å². The Hall–Kier alpha value is -3.03. The van der Waals surface area contributed by atoms with Gasteiger partial charge in [-0.25, -0.2) is 4.39 Å². The highest BCUT2D eigenvalue weighted by Crippen LogP contribution is 2.44. The maximum atomic E-state index is 15.0. The van der Waals surface area contributed by atoms with E-state index >= 15 is 0 Å². The number of rotatable bonds is 4. The fourth-order valence-corrected chi connectivity index (χ4v) is 5.26. The molecular weight excluding hydrogens is 499 g/mol. The minimum atomic E-state index is -0.310. The molecule has 2 aromatic heterocycles. The van der Waals surface area contributed by atoms with Crippen molar-refractivity contribution in [1.82, 2.24) is 14.9 Å². The van der Waals surface area contributed by atoms with Gasteiger partial charge in [0.25, 0.3) is 0 Å². The molecule has 1 saturated heterocycles. The number of anilines is 1. The maximum absolute atomic E-state index is 15.0. The minimum absolute atomic E-state index is 0.225. The molecule has 3 heterocycles. The number of benzene rings is 2. The standard InChI is InChI=1S/C26H22BrFN4S/c1-16-15-20(17(2)31(16)19-12-10-18(27)11-13-19)25-24(22-8-5-6-14-29-22)30-26(33)32(25)23-9-4-3-7-21(23)28/h3-15,24-25H,1-2H3,(H,30,33)/t24-,25-/m1/s1. The van der Waals surface area contributed by atoms with Gasteiger partial charge in [-0.15, -0.1) is 0 Å².